The van der Waals surface area contributed by atoms with Gasteiger partial charge in [-0.3, -0.25) is 9.80 Å². The van der Waals surface area contributed by atoms with Crippen molar-refractivity contribution in [3.63, 3.8) is 0 Å². The molecule has 0 bridgehead atoms. The molecule has 0 unspecified atom stereocenters. The van der Waals surface area contributed by atoms with Crippen molar-refractivity contribution < 1.29 is 9.47 Å². The molecule has 0 saturated carbocycles. The van der Waals surface area contributed by atoms with Crippen LogP contribution in [0.3, 0.4) is 0 Å². The smallest absolute Gasteiger partial charge is 0.220 e. The van der Waals surface area contributed by atoms with Crippen molar-refractivity contribution in [1.29, 1.82) is 0 Å². The highest BCUT2D eigenvalue weighted by Crippen LogP contribution is 2.33. The Morgan fingerprint density at radius 2 is 0.917 bits per heavy atom. The van der Waals surface area contributed by atoms with Gasteiger partial charge in [-0.2, -0.15) is 9.97 Å². The molecule has 1 aliphatic rings. The number of hydrogen-bond acceptors (Lipinski definition) is 6. The van der Waals surface area contributed by atoms with Crippen molar-refractivity contribution in [3.8, 4) is 11.8 Å². The third-order valence-electron chi connectivity index (χ3n) is 6.78. The van der Waals surface area contributed by atoms with Crippen molar-refractivity contribution in [1.82, 2.24) is 19.8 Å². The Labute approximate surface area is 213 Å². The molecule has 0 radical (unpaired) electrons. The maximum Gasteiger partial charge on any atom is 0.220 e. The van der Waals surface area contributed by atoms with Crippen LogP contribution >= 0.6 is 0 Å². The average Bonchev–Trinajstić information content (AvgIpc) is 2.96. The van der Waals surface area contributed by atoms with Gasteiger partial charge in [0.1, 0.15) is 0 Å². The summed E-state index contributed by atoms with van der Waals surface area (Å²) < 4.78 is 10.9. The average molecular weight is 481 g/mol. The summed E-state index contributed by atoms with van der Waals surface area (Å²) in [5.41, 5.74) is 3.79. The second kappa shape index (κ2) is 11.3. The normalized spacial score (nSPS) is 15.5. The topological polar surface area (TPSA) is 50.7 Å². The Kier molecular flexibility index (Phi) is 7.55. The van der Waals surface area contributed by atoms with Crippen LogP contribution in [0, 0.1) is 0 Å². The fraction of sp³-hybridized carbons (Fsp3) is 0.267. The molecule has 0 N–H and O–H groups in total. The Morgan fingerprint density at radius 3 is 1.31 bits per heavy atom. The third-order valence-corrected chi connectivity index (χ3v) is 6.78. The van der Waals surface area contributed by atoms with E-state index in [9.17, 15) is 0 Å². The van der Waals surface area contributed by atoms with E-state index in [4.69, 9.17) is 19.4 Å². The summed E-state index contributed by atoms with van der Waals surface area (Å²) in [6.07, 6.45) is 0. The van der Waals surface area contributed by atoms with Crippen molar-refractivity contribution in [2.75, 3.05) is 40.4 Å². The molecule has 1 atom stereocenters. The van der Waals surface area contributed by atoms with Gasteiger partial charge in [-0.25, -0.2) is 0 Å². The molecule has 184 valence electrons. The van der Waals surface area contributed by atoms with Crippen molar-refractivity contribution in [2.24, 2.45) is 0 Å². The molecule has 2 heterocycles. The first-order chi connectivity index (χ1) is 17.8. The predicted octanol–water partition coefficient (Wildman–Crippen LogP) is 4.99. The lowest BCUT2D eigenvalue weighted by Gasteiger charge is -2.42. The Morgan fingerprint density at radius 1 is 0.556 bits per heavy atom. The molecule has 1 aliphatic heterocycles. The zero-order chi connectivity index (χ0) is 24.7. The summed E-state index contributed by atoms with van der Waals surface area (Å²) in [6.45, 7) is 3.63. The van der Waals surface area contributed by atoms with Crippen LogP contribution in [0.15, 0.2) is 97.1 Å². The summed E-state index contributed by atoms with van der Waals surface area (Å²) >= 11 is 0. The quantitative estimate of drug-likeness (QED) is 0.354. The van der Waals surface area contributed by atoms with Crippen molar-refractivity contribution in [3.05, 3.63) is 120 Å². The molecule has 3 aromatic carbocycles. The van der Waals surface area contributed by atoms with E-state index >= 15 is 0 Å². The molecule has 1 fully saturated rings. The first-order valence-electron chi connectivity index (χ1n) is 12.4. The lowest BCUT2D eigenvalue weighted by Crippen LogP contribution is -2.49. The highest BCUT2D eigenvalue weighted by molar-refractivity contribution is 5.33. The number of benzene rings is 3. The van der Waals surface area contributed by atoms with E-state index < -0.39 is 0 Å². The van der Waals surface area contributed by atoms with Crippen LogP contribution in [0.25, 0.3) is 0 Å². The van der Waals surface area contributed by atoms with E-state index in [2.05, 4.69) is 94.7 Å². The maximum absolute atomic E-state index is 5.46. The molecule has 1 saturated heterocycles. The second-order valence-corrected chi connectivity index (χ2v) is 8.92. The Balaban J connectivity index is 1.44. The van der Waals surface area contributed by atoms with Gasteiger partial charge in [0.2, 0.25) is 11.8 Å². The number of methoxy groups -OCH3 is 2. The van der Waals surface area contributed by atoms with Crippen LogP contribution < -0.4 is 9.47 Å². The first-order valence-corrected chi connectivity index (χ1v) is 12.4. The van der Waals surface area contributed by atoms with E-state index in [1.807, 2.05) is 6.07 Å². The maximum atomic E-state index is 5.46. The zero-order valence-corrected chi connectivity index (χ0v) is 20.8. The summed E-state index contributed by atoms with van der Waals surface area (Å²) in [5.74, 6) is 1.70. The van der Waals surface area contributed by atoms with E-state index in [1.165, 1.54) is 11.1 Å². The monoisotopic (exact) mass is 480 g/mol. The molecule has 4 aromatic rings. The lowest BCUT2D eigenvalue weighted by atomic mass is 9.96. The highest BCUT2D eigenvalue weighted by Gasteiger charge is 2.32. The largest absolute Gasteiger partial charge is 0.481 e. The van der Waals surface area contributed by atoms with Crippen molar-refractivity contribution in [2.45, 2.75) is 12.1 Å². The van der Waals surface area contributed by atoms with Gasteiger partial charge < -0.3 is 9.47 Å². The summed E-state index contributed by atoms with van der Waals surface area (Å²) in [4.78, 5) is 14.5. The van der Waals surface area contributed by atoms with Crippen molar-refractivity contribution >= 4 is 0 Å². The summed E-state index contributed by atoms with van der Waals surface area (Å²) in [7, 11) is 3.24. The fourth-order valence-electron chi connectivity index (χ4n) is 5.05. The molecule has 36 heavy (non-hydrogen) atoms. The molecule has 0 aliphatic carbocycles. The number of nitrogens with zero attached hydrogens (tertiary/aromatic N) is 4. The molecule has 6 heteroatoms. The highest BCUT2D eigenvalue weighted by atomic mass is 16.5. The van der Waals surface area contributed by atoms with Gasteiger partial charge in [-0.15, -0.1) is 0 Å². The van der Waals surface area contributed by atoms with E-state index in [1.54, 1.807) is 20.3 Å². The van der Waals surface area contributed by atoms with Gasteiger partial charge in [0, 0.05) is 26.2 Å². The van der Waals surface area contributed by atoms with Gasteiger partial charge >= 0.3 is 0 Å². The number of rotatable bonds is 8. The van der Waals surface area contributed by atoms with Crippen LogP contribution in [0.2, 0.25) is 0 Å². The Hall–Kier alpha value is -3.74. The third kappa shape index (κ3) is 5.25. The van der Waals surface area contributed by atoms with Gasteiger partial charge in [-0.05, 0) is 16.7 Å². The van der Waals surface area contributed by atoms with Gasteiger partial charge in [0.25, 0.3) is 0 Å². The molecule has 1 aromatic heterocycles. The SMILES string of the molecule is COc1cc(OC)nc([C@H](c2ccccc2)N2CCN(C(c3ccccc3)c3ccccc3)CC2)n1. The molecular formula is C30H32N4O2. The minimum Gasteiger partial charge on any atom is -0.481 e. The molecule has 5 rings (SSSR count). The number of aromatic nitrogens is 2. The molecular weight excluding hydrogens is 448 g/mol. The van der Waals surface area contributed by atoms with Gasteiger partial charge in [0.15, 0.2) is 5.82 Å². The number of hydrogen-bond donors (Lipinski definition) is 0. The number of piperazine rings is 1. The van der Waals surface area contributed by atoms with Gasteiger partial charge in [-0.1, -0.05) is 91.0 Å². The summed E-state index contributed by atoms with van der Waals surface area (Å²) in [6, 6.07) is 33.9. The Bertz CT molecular complexity index is 1170. The minimum absolute atomic E-state index is 0.0933. The minimum atomic E-state index is -0.0933. The second-order valence-electron chi connectivity index (χ2n) is 8.92. The predicted molar refractivity (Wildman–Crippen MR) is 141 cm³/mol. The van der Waals surface area contributed by atoms with Crippen LogP contribution in [0.1, 0.15) is 34.6 Å². The fourth-order valence-corrected chi connectivity index (χ4v) is 5.05. The zero-order valence-electron chi connectivity index (χ0n) is 20.8. The summed E-state index contributed by atoms with van der Waals surface area (Å²) in [5, 5.41) is 0. The molecule has 0 spiro atoms. The number of ether oxygens (including phenoxy) is 2. The first kappa shape index (κ1) is 24.0. The van der Waals surface area contributed by atoms with E-state index in [-0.39, 0.29) is 12.1 Å². The van der Waals surface area contributed by atoms with Crippen LogP contribution in [-0.2, 0) is 0 Å². The van der Waals surface area contributed by atoms with Crippen LogP contribution in [0.4, 0.5) is 0 Å². The van der Waals surface area contributed by atoms with Crippen LogP contribution in [0.5, 0.6) is 11.8 Å². The van der Waals surface area contributed by atoms with E-state index in [0.717, 1.165) is 31.7 Å². The van der Waals surface area contributed by atoms with E-state index in [0.29, 0.717) is 17.6 Å². The van der Waals surface area contributed by atoms with Crippen LogP contribution in [-0.4, -0.2) is 60.2 Å². The lowest BCUT2D eigenvalue weighted by molar-refractivity contribution is 0.0870. The van der Waals surface area contributed by atoms with Gasteiger partial charge in [0.05, 0.1) is 32.4 Å². The molecule has 0 amide bonds. The molecule has 6 nitrogen and oxygen atoms in total. The standard InChI is InChI=1S/C30H32N4O2/c1-35-26-22-27(36-2)32-30(31-26)29(25-16-10-5-11-17-25)34-20-18-33(19-21-34)28(23-12-6-3-7-13-23)24-14-8-4-9-15-24/h3-17,22,28-29H,18-21H2,1-2H3/t29-/m0/s1.